The molecule has 2 aromatic rings. The first-order valence-electron chi connectivity index (χ1n) is 9.61. The van der Waals surface area contributed by atoms with Gasteiger partial charge in [-0.2, -0.15) is 10.5 Å². The summed E-state index contributed by atoms with van der Waals surface area (Å²) in [4.78, 5) is 15.0. The Balaban J connectivity index is 1.91. The minimum atomic E-state index is -0.645. The maximum Gasteiger partial charge on any atom is 0.219 e. The van der Waals surface area contributed by atoms with Crippen molar-refractivity contribution in [1.29, 1.82) is 10.5 Å². The summed E-state index contributed by atoms with van der Waals surface area (Å²) in [5.74, 6) is 1.02. The zero-order chi connectivity index (χ0) is 22.3. The van der Waals surface area contributed by atoms with Crippen molar-refractivity contribution in [3.8, 4) is 12.1 Å². The number of Topliss-reactive ketones (excluding diaryl/α,β-unsaturated/α-hetero) is 1. The van der Waals surface area contributed by atoms with Crippen LogP contribution in [0.25, 0.3) is 0 Å². The molecular formula is C21H20N6O2S2. The quantitative estimate of drug-likeness (QED) is 0.683. The van der Waals surface area contributed by atoms with E-state index in [1.165, 1.54) is 23.1 Å². The highest BCUT2D eigenvalue weighted by atomic mass is 32.2. The number of anilines is 1. The van der Waals surface area contributed by atoms with E-state index in [9.17, 15) is 10.1 Å². The number of aromatic nitrogens is 2. The van der Waals surface area contributed by atoms with Gasteiger partial charge in [0.1, 0.15) is 17.3 Å². The maximum atomic E-state index is 13.4. The summed E-state index contributed by atoms with van der Waals surface area (Å²) in [6.07, 6.45) is 0.956. The molecule has 2 N–H and O–H groups in total. The number of nitrogens with zero attached hydrogens (tertiary/aromatic N) is 5. The van der Waals surface area contributed by atoms with Crippen molar-refractivity contribution in [3.63, 3.8) is 0 Å². The molecule has 3 heterocycles. The lowest BCUT2D eigenvalue weighted by molar-refractivity contribution is -0.118. The number of hydrogen-bond donors (Lipinski definition) is 1. The van der Waals surface area contributed by atoms with Crippen LogP contribution in [0.1, 0.15) is 44.1 Å². The molecule has 0 bridgehead atoms. The molecule has 0 spiro atoms. The number of nitrogens with two attached hydrogens (primary N) is 1. The predicted molar refractivity (Wildman–Crippen MR) is 117 cm³/mol. The standard InChI is InChI=1S/C21H20N6O2S2/c1-11-4-5-15(29-11)16-12(10-23)18(24)27(19-25-26-20(31-19)30-7-6-22)13-8-21(2,3)9-14(28)17(13)16/h4-5,16H,7-9,24H2,1-3H3. The molecule has 2 aromatic heterocycles. The van der Waals surface area contributed by atoms with Crippen molar-refractivity contribution in [1.82, 2.24) is 10.2 Å². The highest BCUT2D eigenvalue weighted by molar-refractivity contribution is 8.01. The number of aryl methyl sites for hydroxylation is 1. The van der Waals surface area contributed by atoms with Crippen molar-refractivity contribution in [2.75, 3.05) is 10.7 Å². The van der Waals surface area contributed by atoms with Gasteiger partial charge in [0.15, 0.2) is 10.1 Å². The lowest BCUT2D eigenvalue weighted by atomic mass is 9.69. The fourth-order valence-corrected chi connectivity index (χ4v) is 5.61. The van der Waals surface area contributed by atoms with Crippen molar-refractivity contribution < 1.29 is 9.21 Å². The van der Waals surface area contributed by atoms with Crippen LogP contribution in [0.15, 0.2) is 43.6 Å². The van der Waals surface area contributed by atoms with Crippen LogP contribution < -0.4 is 10.6 Å². The number of hydrogen-bond acceptors (Lipinski definition) is 10. The summed E-state index contributed by atoms with van der Waals surface area (Å²) in [6.45, 7) is 5.89. The Morgan fingerprint density at radius 1 is 1.35 bits per heavy atom. The molecule has 31 heavy (non-hydrogen) atoms. The average Bonchev–Trinajstić information content (AvgIpc) is 3.33. The van der Waals surface area contributed by atoms with E-state index in [1.54, 1.807) is 11.0 Å². The minimum absolute atomic E-state index is 0.0286. The highest BCUT2D eigenvalue weighted by Crippen LogP contribution is 2.50. The van der Waals surface area contributed by atoms with Gasteiger partial charge >= 0.3 is 0 Å². The summed E-state index contributed by atoms with van der Waals surface area (Å²) >= 11 is 2.56. The number of carbonyl (C=O) groups excluding carboxylic acids is 1. The second-order valence-electron chi connectivity index (χ2n) is 8.23. The molecule has 158 valence electrons. The number of thioether (sulfide) groups is 1. The molecule has 0 saturated carbocycles. The summed E-state index contributed by atoms with van der Waals surface area (Å²) in [5, 5.41) is 27.7. The van der Waals surface area contributed by atoms with Gasteiger partial charge in [-0.25, -0.2) is 0 Å². The second-order valence-corrected chi connectivity index (χ2v) is 10.4. The lowest BCUT2D eigenvalue weighted by Gasteiger charge is -2.42. The zero-order valence-electron chi connectivity index (χ0n) is 17.3. The Kier molecular flexibility index (Phi) is 5.38. The van der Waals surface area contributed by atoms with Gasteiger partial charge in [-0.3, -0.25) is 9.69 Å². The van der Waals surface area contributed by atoms with Gasteiger partial charge in [0.2, 0.25) is 5.13 Å². The predicted octanol–water partition coefficient (Wildman–Crippen LogP) is 4.00. The first-order chi connectivity index (χ1) is 14.8. The Morgan fingerprint density at radius 3 is 2.77 bits per heavy atom. The smallest absolute Gasteiger partial charge is 0.219 e. The van der Waals surface area contributed by atoms with Gasteiger partial charge < -0.3 is 10.2 Å². The van der Waals surface area contributed by atoms with Gasteiger partial charge in [-0.05, 0) is 30.9 Å². The van der Waals surface area contributed by atoms with Crippen LogP contribution in [0.5, 0.6) is 0 Å². The van der Waals surface area contributed by atoms with E-state index in [2.05, 4.69) is 22.3 Å². The molecule has 0 fully saturated rings. The van der Waals surface area contributed by atoms with Crippen molar-refractivity contribution >= 4 is 34.0 Å². The number of rotatable bonds is 4. The maximum absolute atomic E-state index is 13.4. The molecular weight excluding hydrogens is 432 g/mol. The van der Waals surface area contributed by atoms with Crippen LogP contribution in [0.3, 0.4) is 0 Å². The van der Waals surface area contributed by atoms with E-state index in [-0.39, 0.29) is 28.3 Å². The monoisotopic (exact) mass is 452 g/mol. The summed E-state index contributed by atoms with van der Waals surface area (Å²) in [5.41, 5.74) is 7.76. The highest BCUT2D eigenvalue weighted by Gasteiger charge is 2.46. The third kappa shape index (κ3) is 3.73. The van der Waals surface area contributed by atoms with Crippen LogP contribution in [0.2, 0.25) is 0 Å². The van der Waals surface area contributed by atoms with Gasteiger partial charge in [0.25, 0.3) is 0 Å². The number of allylic oxidation sites excluding steroid dienone is 3. The van der Waals surface area contributed by atoms with E-state index in [0.29, 0.717) is 39.4 Å². The van der Waals surface area contributed by atoms with Gasteiger partial charge in [0.05, 0.1) is 29.4 Å². The minimum Gasteiger partial charge on any atom is -0.465 e. The van der Waals surface area contributed by atoms with Crippen LogP contribution in [0.4, 0.5) is 5.13 Å². The van der Waals surface area contributed by atoms with Crippen LogP contribution >= 0.6 is 23.1 Å². The van der Waals surface area contributed by atoms with Crippen LogP contribution in [0, 0.1) is 35.0 Å². The molecule has 0 radical (unpaired) electrons. The molecule has 1 unspecified atom stereocenters. The Morgan fingerprint density at radius 2 is 2.13 bits per heavy atom. The lowest BCUT2D eigenvalue weighted by Crippen LogP contribution is -2.42. The van der Waals surface area contributed by atoms with Gasteiger partial charge in [-0.15, -0.1) is 10.2 Å². The van der Waals surface area contributed by atoms with E-state index in [1.807, 2.05) is 26.8 Å². The molecule has 8 nitrogen and oxygen atoms in total. The number of carbonyl (C=O) groups is 1. The van der Waals surface area contributed by atoms with Crippen molar-refractivity contribution in [2.24, 2.45) is 11.1 Å². The number of ketones is 1. The molecule has 1 atom stereocenters. The summed E-state index contributed by atoms with van der Waals surface area (Å²) in [6, 6.07) is 7.87. The third-order valence-corrected chi connectivity index (χ3v) is 7.18. The Bertz CT molecular complexity index is 1210. The third-order valence-electron chi connectivity index (χ3n) is 5.27. The van der Waals surface area contributed by atoms with E-state index < -0.39 is 5.92 Å². The Hall–Kier alpha value is -3.08. The SMILES string of the molecule is Cc1ccc(C2C(C#N)=C(N)N(c3nnc(SCC#N)s3)C3=C2C(=O)CC(C)(C)C3)o1. The topological polar surface area (TPSA) is 133 Å². The zero-order valence-corrected chi connectivity index (χ0v) is 18.9. The van der Waals surface area contributed by atoms with Crippen LogP contribution in [-0.2, 0) is 4.79 Å². The Labute approximate surface area is 188 Å². The average molecular weight is 453 g/mol. The molecule has 2 aliphatic rings. The summed E-state index contributed by atoms with van der Waals surface area (Å²) in [7, 11) is 0. The molecule has 10 heteroatoms. The van der Waals surface area contributed by atoms with E-state index >= 15 is 0 Å². The molecule has 1 aliphatic carbocycles. The van der Waals surface area contributed by atoms with E-state index in [0.717, 1.165) is 5.70 Å². The van der Waals surface area contributed by atoms with Crippen molar-refractivity contribution in [3.05, 3.63) is 46.3 Å². The first kappa shape index (κ1) is 21.2. The fraction of sp³-hybridized carbons (Fsp3) is 0.381. The fourth-order valence-electron chi connectivity index (χ4n) is 4.07. The number of furan rings is 1. The normalized spacial score (nSPS) is 20.5. The first-order valence-corrected chi connectivity index (χ1v) is 11.4. The second kappa shape index (κ2) is 7.88. The molecule has 0 aromatic carbocycles. The number of nitriles is 2. The summed E-state index contributed by atoms with van der Waals surface area (Å²) < 4.78 is 6.46. The van der Waals surface area contributed by atoms with Gasteiger partial charge in [-0.1, -0.05) is 36.9 Å². The van der Waals surface area contributed by atoms with Crippen molar-refractivity contribution in [2.45, 2.75) is 43.9 Å². The van der Waals surface area contributed by atoms with E-state index in [4.69, 9.17) is 15.4 Å². The molecule has 4 rings (SSSR count). The van der Waals surface area contributed by atoms with Crippen LogP contribution in [-0.4, -0.2) is 21.7 Å². The van der Waals surface area contributed by atoms with Gasteiger partial charge in [0, 0.05) is 17.7 Å². The molecule has 0 amide bonds. The largest absolute Gasteiger partial charge is 0.465 e. The molecule has 1 aliphatic heterocycles. The molecule has 0 saturated heterocycles.